The molecule has 0 unspecified atom stereocenters. The van der Waals surface area contributed by atoms with Crippen LogP contribution in [0.4, 0.5) is 0 Å². The van der Waals surface area contributed by atoms with Gasteiger partial charge in [0.25, 0.3) is 0 Å². The Bertz CT molecular complexity index is 518. The first-order chi connectivity index (χ1) is 8.19. The molecule has 2 aromatic rings. The molecule has 2 aromatic heterocycles. The first-order valence-electron chi connectivity index (χ1n) is 4.73. The van der Waals surface area contributed by atoms with Crippen molar-refractivity contribution in [2.75, 3.05) is 7.11 Å². The van der Waals surface area contributed by atoms with E-state index >= 15 is 0 Å². The summed E-state index contributed by atoms with van der Waals surface area (Å²) in [4.78, 5) is 8.35. The molecule has 0 fully saturated rings. The molecule has 0 saturated heterocycles. The van der Waals surface area contributed by atoms with Gasteiger partial charge in [-0.1, -0.05) is 11.6 Å². The van der Waals surface area contributed by atoms with E-state index in [0.717, 1.165) is 5.16 Å². The number of halogens is 1. The standard InChI is InChI=1S/C9H10ClN5OS/c1-15-5-11-14-9(15)17-8-3-6(10)12-7(13-8)4-16-2/h3,5H,4H2,1-2H3. The first-order valence-corrected chi connectivity index (χ1v) is 5.92. The Morgan fingerprint density at radius 1 is 1.47 bits per heavy atom. The van der Waals surface area contributed by atoms with Crippen LogP contribution in [0.25, 0.3) is 0 Å². The quantitative estimate of drug-likeness (QED) is 0.786. The number of hydrogen-bond donors (Lipinski definition) is 0. The molecule has 0 aromatic carbocycles. The van der Waals surface area contributed by atoms with E-state index in [2.05, 4.69) is 20.2 Å². The van der Waals surface area contributed by atoms with Gasteiger partial charge >= 0.3 is 0 Å². The molecular weight excluding hydrogens is 262 g/mol. The molecular formula is C9H10ClN5OS. The van der Waals surface area contributed by atoms with Crippen molar-refractivity contribution in [1.29, 1.82) is 0 Å². The molecule has 0 bridgehead atoms. The maximum absolute atomic E-state index is 5.90. The van der Waals surface area contributed by atoms with Gasteiger partial charge in [-0.15, -0.1) is 10.2 Å². The van der Waals surface area contributed by atoms with Crippen molar-refractivity contribution in [2.24, 2.45) is 7.05 Å². The maximum Gasteiger partial charge on any atom is 0.197 e. The molecule has 8 heteroatoms. The smallest absolute Gasteiger partial charge is 0.197 e. The summed E-state index contributed by atoms with van der Waals surface area (Å²) in [5, 5.41) is 9.59. The van der Waals surface area contributed by atoms with E-state index in [1.807, 2.05) is 7.05 Å². The van der Waals surface area contributed by atoms with Crippen molar-refractivity contribution >= 4 is 23.4 Å². The minimum Gasteiger partial charge on any atom is -0.377 e. The SMILES string of the molecule is COCc1nc(Cl)cc(Sc2nncn2C)n1. The molecule has 0 aliphatic carbocycles. The van der Waals surface area contributed by atoms with E-state index in [4.69, 9.17) is 16.3 Å². The van der Waals surface area contributed by atoms with Gasteiger partial charge in [-0.25, -0.2) is 9.97 Å². The number of nitrogens with zero attached hydrogens (tertiary/aromatic N) is 5. The molecule has 6 nitrogen and oxygen atoms in total. The molecule has 2 heterocycles. The molecule has 0 amide bonds. The molecule has 0 spiro atoms. The largest absolute Gasteiger partial charge is 0.377 e. The van der Waals surface area contributed by atoms with Crippen molar-refractivity contribution in [2.45, 2.75) is 16.8 Å². The van der Waals surface area contributed by atoms with Gasteiger partial charge < -0.3 is 9.30 Å². The normalized spacial score (nSPS) is 10.8. The Morgan fingerprint density at radius 2 is 2.29 bits per heavy atom. The number of methoxy groups -OCH3 is 1. The molecule has 17 heavy (non-hydrogen) atoms. The molecule has 90 valence electrons. The monoisotopic (exact) mass is 271 g/mol. The van der Waals surface area contributed by atoms with E-state index in [9.17, 15) is 0 Å². The van der Waals surface area contributed by atoms with E-state index in [-0.39, 0.29) is 0 Å². The third-order valence-electron chi connectivity index (χ3n) is 1.86. The Labute approximate surface area is 107 Å². The number of hydrogen-bond acceptors (Lipinski definition) is 6. The minimum absolute atomic E-state index is 0.326. The second kappa shape index (κ2) is 5.44. The van der Waals surface area contributed by atoms with Crippen molar-refractivity contribution in [1.82, 2.24) is 24.7 Å². The second-order valence-corrected chi connectivity index (χ2v) is 4.58. The lowest BCUT2D eigenvalue weighted by atomic mass is 10.6. The zero-order valence-electron chi connectivity index (χ0n) is 9.29. The Hall–Kier alpha value is -1.18. The zero-order chi connectivity index (χ0) is 12.3. The van der Waals surface area contributed by atoms with Crippen LogP contribution in [0.3, 0.4) is 0 Å². The van der Waals surface area contributed by atoms with Crippen LogP contribution >= 0.6 is 23.4 Å². The van der Waals surface area contributed by atoms with Crippen LogP contribution in [0.15, 0.2) is 22.6 Å². The highest BCUT2D eigenvalue weighted by molar-refractivity contribution is 7.99. The summed E-state index contributed by atoms with van der Waals surface area (Å²) in [6.45, 7) is 0.326. The molecule has 0 saturated carbocycles. The van der Waals surface area contributed by atoms with Crippen LogP contribution in [0, 0.1) is 0 Å². The summed E-state index contributed by atoms with van der Waals surface area (Å²) >= 11 is 7.28. The molecule has 0 aliphatic heterocycles. The van der Waals surface area contributed by atoms with E-state index < -0.39 is 0 Å². The van der Waals surface area contributed by atoms with E-state index in [0.29, 0.717) is 22.6 Å². The lowest BCUT2D eigenvalue weighted by molar-refractivity contribution is 0.177. The van der Waals surface area contributed by atoms with Gasteiger partial charge in [0.2, 0.25) is 0 Å². The lowest BCUT2D eigenvalue weighted by Crippen LogP contribution is -1.99. The highest BCUT2D eigenvalue weighted by atomic mass is 35.5. The summed E-state index contributed by atoms with van der Waals surface area (Å²) in [6, 6.07) is 1.68. The van der Waals surface area contributed by atoms with Crippen molar-refractivity contribution < 1.29 is 4.74 Å². The second-order valence-electron chi connectivity index (χ2n) is 3.20. The number of ether oxygens (including phenoxy) is 1. The predicted octanol–water partition coefficient (Wildman–Crippen LogP) is 1.56. The molecule has 0 N–H and O–H groups in total. The minimum atomic E-state index is 0.326. The summed E-state index contributed by atoms with van der Waals surface area (Å²) in [7, 11) is 3.45. The zero-order valence-corrected chi connectivity index (χ0v) is 10.9. The van der Waals surface area contributed by atoms with Crippen molar-refractivity contribution in [3.8, 4) is 0 Å². The van der Waals surface area contributed by atoms with Crippen LogP contribution in [-0.2, 0) is 18.4 Å². The fourth-order valence-corrected chi connectivity index (χ4v) is 2.20. The van der Waals surface area contributed by atoms with Gasteiger partial charge in [0.15, 0.2) is 11.0 Å². The summed E-state index contributed by atoms with van der Waals surface area (Å²) in [5.74, 6) is 0.546. The summed E-state index contributed by atoms with van der Waals surface area (Å²) < 4.78 is 6.77. The molecule has 2 rings (SSSR count). The van der Waals surface area contributed by atoms with Gasteiger partial charge in [-0.05, 0) is 11.8 Å². The number of aromatic nitrogens is 5. The third-order valence-corrected chi connectivity index (χ3v) is 3.02. The molecule has 0 aliphatic rings. The van der Waals surface area contributed by atoms with Crippen LogP contribution in [0.1, 0.15) is 5.82 Å². The van der Waals surface area contributed by atoms with Crippen LogP contribution < -0.4 is 0 Å². The van der Waals surface area contributed by atoms with E-state index in [1.54, 1.807) is 24.1 Å². The van der Waals surface area contributed by atoms with Crippen LogP contribution in [0.2, 0.25) is 5.15 Å². The Morgan fingerprint density at radius 3 is 2.94 bits per heavy atom. The molecule has 0 radical (unpaired) electrons. The summed E-state index contributed by atoms with van der Waals surface area (Å²) in [5.41, 5.74) is 0. The van der Waals surface area contributed by atoms with Gasteiger partial charge in [0, 0.05) is 20.2 Å². The highest BCUT2D eigenvalue weighted by Gasteiger charge is 2.08. The third kappa shape index (κ3) is 3.15. The fraction of sp³-hybridized carbons (Fsp3) is 0.333. The summed E-state index contributed by atoms with van der Waals surface area (Å²) in [6.07, 6.45) is 1.63. The van der Waals surface area contributed by atoms with Crippen molar-refractivity contribution in [3.05, 3.63) is 23.4 Å². The van der Waals surface area contributed by atoms with Crippen molar-refractivity contribution in [3.63, 3.8) is 0 Å². The highest BCUT2D eigenvalue weighted by Crippen LogP contribution is 2.25. The number of rotatable bonds is 4. The van der Waals surface area contributed by atoms with Gasteiger partial charge in [0.05, 0.1) is 0 Å². The lowest BCUT2D eigenvalue weighted by Gasteiger charge is -2.03. The van der Waals surface area contributed by atoms with Gasteiger partial charge in [-0.2, -0.15) is 0 Å². The van der Waals surface area contributed by atoms with Crippen LogP contribution in [-0.4, -0.2) is 31.8 Å². The average Bonchev–Trinajstić information content (AvgIpc) is 2.64. The Balaban J connectivity index is 2.23. The topological polar surface area (TPSA) is 65.7 Å². The molecule has 0 atom stereocenters. The first kappa shape index (κ1) is 12.3. The average molecular weight is 272 g/mol. The fourth-order valence-electron chi connectivity index (χ4n) is 1.15. The number of aryl methyl sites for hydroxylation is 1. The Kier molecular flexibility index (Phi) is 3.93. The van der Waals surface area contributed by atoms with E-state index in [1.165, 1.54) is 11.8 Å². The predicted molar refractivity (Wildman–Crippen MR) is 62.9 cm³/mol. The van der Waals surface area contributed by atoms with Gasteiger partial charge in [-0.3, -0.25) is 0 Å². The van der Waals surface area contributed by atoms with Crippen LogP contribution in [0.5, 0.6) is 0 Å². The maximum atomic E-state index is 5.90. The van der Waals surface area contributed by atoms with Gasteiger partial charge in [0.1, 0.15) is 23.1 Å².